The summed E-state index contributed by atoms with van der Waals surface area (Å²) in [7, 11) is -3.53. The van der Waals surface area contributed by atoms with Crippen LogP contribution in [0.15, 0.2) is 16.9 Å². The highest BCUT2D eigenvalue weighted by atomic mass is 127. The minimum atomic E-state index is -3.53. The van der Waals surface area contributed by atoms with Gasteiger partial charge >= 0.3 is 7.19 Å². The number of nitrogens with zero attached hydrogens (tertiary/aromatic N) is 3. The van der Waals surface area contributed by atoms with Crippen LogP contribution in [0.1, 0.15) is 0 Å². The van der Waals surface area contributed by atoms with Crippen molar-refractivity contribution in [2.24, 2.45) is 5.84 Å². The van der Waals surface area contributed by atoms with E-state index in [2.05, 4.69) is 25.9 Å². The van der Waals surface area contributed by atoms with Gasteiger partial charge < -0.3 is 0 Å². The molecule has 0 saturated carbocycles. The van der Waals surface area contributed by atoms with Crippen LogP contribution in [0.5, 0.6) is 0 Å². The summed E-state index contributed by atoms with van der Waals surface area (Å²) >= 11 is 4.31. The third-order valence-electron chi connectivity index (χ3n) is 1.04. The first kappa shape index (κ1) is 11.1. The van der Waals surface area contributed by atoms with Crippen LogP contribution >= 0.6 is 37.1 Å². The standard InChI is InChI=1S/C4H4BrIN4O2S/c5-3-1-8-4(9-2-3)10(7)13(6,11)12/h1-2H,7H2. The summed E-state index contributed by atoms with van der Waals surface area (Å²) in [4.78, 5) is 7.41. The van der Waals surface area contributed by atoms with Crippen molar-refractivity contribution in [1.29, 1.82) is 0 Å². The van der Waals surface area contributed by atoms with Crippen LogP contribution in [-0.4, -0.2) is 18.4 Å². The topological polar surface area (TPSA) is 89.2 Å². The fourth-order valence-corrected chi connectivity index (χ4v) is 1.54. The van der Waals surface area contributed by atoms with Gasteiger partial charge in [-0.1, -0.05) is 0 Å². The predicted octanol–water partition coefficient (Wildman–Crippen LogP) is 0.599. The van der Waals surface area contributed by atoms with Gasteiger partial charge in [0.1, 0.15) is 0 Å². The van der Waals surface area contributed by atoms with Gasteiger partial charge in [-0.05, 0) is 15.9 Å². The zero-order valence-corrected chi connectivity index (χ0v) is 10.6. The van der Waals surface area contributed by atoms with Crippen molar-refractivity contribution in [2.75, 3.05) is 4.41 Å². The number of rotatable bonds is 2. The number of hydrazine groups is 1. The Labute approximate surface area is 95.3 Å². The average Bonchev–Trinajstić information content (AvgIpc) is 2.03. The van der Waals surface area contributed by atoms with Crippen LogP contribution in [0.3, 0.4) is 0 Å². The van der Waals surface area contributed by atoms with Crippen molar-refractivity contribution in [1.82, 2.24) is 9.97 Å². The molecule has 0 fully saturated rings. The smallest absolute Gasteiger partial charge is 0.230 e. The Morgan fingerprint density at radius 2 is 1.92 bits per heavy atom. The molecule has 2 N–H and O–H groups in total. The van der Waals surface area contributed by atoms with Gasteiger partial charge in [0, 0.05) is 12.4 Å². The van der Waals surface area contributed by atoms with Gasteiger partial charge in [0.15, 0.2) is 0 Å². The SMILES string of the molecule is NN(c1ncc(Br)cn1)S(=O)(=O)I. The highest BCUT2D eigenvalue weighted by Gasteiger charge is 2.16. The molecule has 6 nitrogen and oxygen atoms in total. The first-order chi connectivity index (χ1) is 5.91. The quantitative estimate of drug-likeness (QED) is 0.352. The van der Waals surface area contributed by atoms with Crippen LogP contribution in [0.2, 0.25) is 0 Å². The molecular weight excluding hydrogens is 375 g/mol. The van der Waals surface area contributed by atoms with Crippen molar-refractivity contribution in [3.05, 3.63) is 16.9 Å². The van der Waals surface area contributed by atoms with E-state index >= 15 is 0 Å². The second-order valence-corrected chi connectivity index (χ2v) is 7.41. The van der Waals surface area contributed by atoms with Gasteiger partial charge in [-0.3, -0.25) is 0 Å². The minimum Gasteiger partial charge on any atom is -0.230 e. The maximum absolute atomic E-state index is 10.9. The maximum atomic E-state index is 10.9. The van der Waals surface area contributed by atoms with E-state index in [4.69, 9.17) is 5.84 Å². The monoisotopic (exact) mass is 378 g/mol. The zero-order valence-electron chi connectivity index (χ0n) is 6.05. The van der Waals surface area contributed by atoms with Crippen LogP contribution in [0.25, 0.3) is 0 Å². The molecule has 0 spiro atoms. The summed E-state index contributed by atoms with van der Waals surface area (Å²) in [6.07, 6.45) is 2.81. The molecule has 0 bridgehead atoms. The first-order valence-electron chi connectivity index (χ1n) is 2.88. The predicted molar refractivity (Wildman–Crippen MR) is 59.3 cm³/mol. The lowest BCUT2D eigenvalue weighted by Crippen LogP contribution is -2.35. The van der Waals surface area contributed by atoms with E-state index in [1.807, 2.05) is 0 Å². The van der Waals surface area contributed by atoms with Crippen molar-refractivity contribution in [3.8, 4) is 0 Å². The molecule has 0 saturated heterocycles. The molecule has 1 heterocycles. The van der Waals surface area contributed by atoms with Crippen molar-refractivity contribution in [3.63, 3.8) is 0 Å². The fraction of sp³-hybridized carbons (Fsp3) is 0. The number of hydrogen-bond donors (Lipinski definition) is 1. The molecule has 0 atom stereocenters. The molecule has 1 aromatic heterocycles. The van der Waals surface area contributed by atoms with Crippen molar-refractivity contribution >= 4 is 50.3 Å². The number of hydrogen-bond acceptors (Lipinski definition) is 5. The molecule has 0 aliphatic heterocycles. The largest absolute Gasteiger partial charge is 0.304 e. The lowest BCUT2D eigenvalue weighted by atomic mass is 10.7. The van der Waals surface area contributed by atoms with Crippen LogP contribution in [0, 0.1) is 0 Å². The number of halogens is 2. The molecule has 0 radical (unpaired) electrons. The molecule has 1 aromatic rings. The zero-order chi connectivity index (χ0) is 10.1. The highest BCUT2D eigenvalue weighted by molar-refractivity contribution is 14.2. The highest BCUT2D eigenvalue weighted by Crippen LogP contribution is 2.14. The van der Waals surface area contributed by atoms with Crippen LogP contribution in [-0.2, 0) is 7.19 Å². The van der Waals surface area contributed by atoms with Gasteiger partial charge in [0.25, 0.3) is 5.95 Å². The molecule has 0 aliphatic carbocycles. The number of aromatic nitrogens is 2. The third kappa shape index (κ3) is 3.00. The lowest BCUT2D eigenvalue weighted by molar-refractivity contribution is 0.608. The molecule has 13 heavy (non-hydrogen) atoms. The van der Waals surface area contributed by atoms with E-state index in [9.17, 15) is 8.42 Å². The molecule has 1 rings (SSSR count). The fourth-order valence-electron chi connectivity index (χ4n) is 0.517. The van der Waals surface area contributed by atoms with Gasteiger partial charge in [-0.25, -0.2) is 15.8 Å². The van der Waals surface area contributed by atoms with E-state index in [-0.39, 0.29) is 5.95 Å². The molecule has 0 amide bonds. The summed E-state index contributed by atoms with van der Waals surface area (Å²) in [6, 6.07) is 0. The molecule has 0 aliphatic rings. The molecule has 0 aromatic carbocycles. The summed E-state index contributed by atoms with van der Waals surface area (Å²) < 4.78 is 23.0. The Morgan fingerprint density at radius 1 is 1.46 bits per heavy atom. The van der Waals surface area contributed by atoms with Crippen molar-refractivity contribution in [2.45, 2.75) is 0 Å². The summed E-state index contributed by atoms with van der Waals surface area (Å²) in [6.45, 7) is 0. The van der Waals surface area contributed by atoms with Gasteiger partial charge in [-0.2, -0.15) is 12.8 Å². The summed E-state index contributed by atoms with van der Waals surface area (Å²) in [5.41, 5.74) is 0. The molecule has 72 valence electrons. The third-order valence-corrected chi connectivity index (χ3v) is 3.35. The van der Waals surface area contributed by atoms with Gasteiger partial charge in [0.05, 0.1) is 25.7 Å². The van der Waals surface area contributed by atoms with E-state index < -0.39 is 7.19 Å². The van der Waals surface area contributed by atoms with E-state index in [0.29, 0.717) is 8.89 Å². The summed E-state index contributed by atoms with van der Waals surface area (Å²) in [5, 5.41) is 0. The average molecular weight is 379 g/mol. The van der Waals surface area contributed by atoms with E-state index in [0.717, 1.165) is 0 Å². The first-order valence-corrected chi connectivity index (χ1v) is 7.66. The minimum absolute atomic E-state index is 0.0717. The Hall–Kier alpha value is -0.000000000000000222. The molecule has 9 heteroatoms. The van der Waals surface area contributed by atoms with Gasteiger partial charge in [-0.15, -0.1) is 0 Å². The van der Waals surface area contributed by atoms with Gasteiger partial charge in [0.2, 0.25) is 0 Å². The second-order valence-electron chi connectivity index (χ2n) is 1.94. The summed E-state index contributed by atoms with van der Waals surface area (Å²) in [5.74, 6) is 5.15. The maximum Gasteiger partial charge on any atom is 0.304 e. The lowest BCUT2D eigenvalue weighted by Gasteiger charge is -2.10. The second kappa shape index (κ2) is 4.02. The molecule has 0 unspecified atom stereocenters. The van der Waals surface area contributed by atoms with Crippen molar-refractivity contribution < 1.29 is 8.42 Å². The number of nitrogens with two attached hydrogens (primary N) is 1. The van der Waals surface area contributed by atoms with Crippen LogP contribution in [0.4, 0.5) is 5.95 Å². The van der Waals surface area contributed by atoms with E-state index in [1.54, 1.807) is 0 Å². The van der Waals surface area contributed by atoms with E-state index in [1.165, 1.54) is 33.6 Å². The number of anilines is 1. The van der Waals surface area contributed by atoms with Crippen LogP contribution < -0.4 is 10.3 Å². The Balaban J connectivity index is 3.04. The Morgan fingerprint density at radius 3 is 2.31 bits per heavy atom. The molecular formula is C4H4BrIN4O2S. The Bertz CT molecular complexity index is 393. The Kier molecular flexibility index (Phi) is 3.43. The normalized spacial score (nSPS) is 11.3.